The quantitative estimate of drug-likeness (QED) is 0.876. The van der Waals surface area contributed by atoms with E-state index in [-0.39, 0.29) is 6.04 Å². The normalized spacial score (nSPS) is 25.1. The smallest absolute Gasteiger partial charge is 0.243 e. The van der Waals surface area contributed by atoms with Gasteiger partial charge in [-0.1, -0.05) is 25.4 Å². The van der Waals surface area contributed by atoms with E-state index < -0.39 is 0 Å². The summed E-state index contributed by atoms with van der Waals surface area (Å²) in [5.41, 5.74) is 0. The number of nitrogens with one attached hydrogen (secondary N) is 1. The van der Waals surface area contributed by atoms with Gasteiger partial charge in [0.2, 0.25) is 5.89 Å². The molecule has 1 aromatic heterocycles. The molecular weight excluding hydrogens is 234 g/mol. The van der Waals surface area contributed by atoms with E-state index in [1.807, 2.05) is 11.8 Å². The fraction of sp³-hybridized carbons (Fsp3) is 0.833. The molecule has 0 spiro atoms. The number of aromatic nitrogens is 2. The Labute approximate surface area is 107 Å². The summed E-state index contributed by atoms with van der Waals surface area (Å²) in [6, 6.07) is 0.265. The molecule has 1 aromatic rings. The maximum absolute atomic E-state index is 5.36. The lowest BCUT2D eigenvalue weighted by Gasteiger charge is -2.27. The summed E-state index contributed by atoms with van der Waals surface area (Å²) in [4.78, 5) is 4.48. The number of hydrogen-bond donors (Lipinski definition) is 1. The molecule has 1 N–H and O–H groups in total. The summed E-state index contributed by atoms with van der Waals surface area (Å²) in [5.74, 6) is 4.33. The molecule has 17 heavy (non-hydrogen) atoms. The summed E-state index contributed by atoms with van der Waals surface area (Å²) >= 11 is 1.82. The van der Waals surface area contributed by atoms with E-state index in [1.54, 1.807) is 0 Å². The third-order valence-corrected chi connectivity index (χ3v) is 4.18. The van der Waals surface area contributed by atoms with Crippen LogP contribution in [0.5, 0.6) is 0 Å². The third kappa shape index (κ3) is 3.45. The van der Waals surface area contributed by atoms with E-state index in [0.717, 1.165) is 42.1 Å². The maximum Gasteiger partial charge on any atom is 0.243 e. The summed E-state index contributed by atoms with van der Waals surface area (Å²) in [7, 11) is 0. The minimum Gasteiger partial charge on any atom is -0.338 e. The molecule has 1 saturated heterocycles. The minimum atomic E-state index is 0.265. The minimum absolute atomic E-state index is 0.265. The number of thioether (sulfide) groups is 1. The zero-order valence-corrected chi connectivity index (χ0v) is 11.4. The van der Waals surface area contributed by atoms with Crippen LogP contribution in [0, 0.1) is 5.92 Å². The monoisotopic (exact) mass is 255 g/mol. The van der Waals surface area contributed by atoms with Crippen LogP contribution in [0.25, 0.3) is 0 Å². The topological polar surface area (TPSA) is 51.0 Å². The molecule has 2 heterocycles. The highest BCUT2D eigenvalue weighted by molar-refractivity contribution is 7.98. The van der Waals surface area contributed by atoms with E-state index in [0.29, 0.717) is 0 Å². The van der Waals surface area contributed by atoms with Crippen LogP contribution in [0.15, 0.2) is 4.52 Å². The highest BCUT2D eigenvalue weighted by Gasteiger charge is 2.25. The van der Waals surface area contributed by atoms with Crippen LogP contribution < -0.4 is 5.32 Å². The van der Waals surface area contributed by atoms with Crippen LogP contribution in [-0.4, -0.2) is 22.4 Å². The van der Waals surface area contributed by atoms with Gasteiger partial charge in [-0.15, -0.1) is 0 Å². The standard InChI is InChI=1S/C12H21N3OS/c1-3-9-5-6-13-10(7-9)12-14-11(15-16-12)8-17-4-2/h9-10,13H,3-8H2,1-2H3. The van der Waals surface area contributed by atoms with Gasteiger partial charge in [-0.25, -0.2) is 0 Å². The Hall–Kier alpha value is -0.550. The molecule has 96 valence electrons. The SMILES string of the molecule is CCSCc1noc(C2CC(CC)CCN2)n1. The molecule has 0 saturated carbocycles. The number of hydrogen-bond acceptors (Lipinski definition) is 5. The fourth-order valence-corrected chi connectivity index (χ4v) is 2.72. The Morgan fingerprint density at radius 2 is 2.35 bits per heavy atom. The lowest BCUT2D eigenvalue weighted by atomic mass is 9.90. The van der Waals surface area contributed by atoms with Crippen molar-refractivity contribution < 1.29 is 4.52 Å². The molecule has 2 rings (SSSR count). The molecule has 5 heteroatoms. The molecule has 0 aromatic carbocycles. The molecule has 2 atom stereocenters. The van der Waals surface area contributed by atoms with Crippen molar-refractivity contribution >= 4 is 11.8 Å². The van der Waals surface area contributed by atoms with Crippen LogP contribution in [0.3, 0.4) is 0 Å². The first kappa shape index (κ1) is 12.9. The van der Waals surface area contributed by atoms with Gasteiger partial charge in [-0.05, 0) is 31.1 Å². The van der Waals surface area contributed by atoms with E-state index >= 15 is 0 Å². The van der Waals surface area contributed by atoms with E-state index in [4.69, 9.17) is 4.52 Å². The first-order valence-corrected chi connectivity index (χ1v) is 7.62. The van der Waals surface area contributed by atoms with Gasteiger partial charge in [0.05, 0.1) is 11.8 Å². The van der Waals surface area contributed by atoms with Crippen molar-refractivity contribution in [3.8, 4) is 0 Å². The zero-order chi connectivity index (χ0) is 12.1. The van der Waals surface area contributed by atoms with Crippen molar-refractivity contribution in [3.63, 3.8) is 0 Å². The second-order valence-corrected chi connectivity index (χ2v) is 5.77. The van der Waals surface area contributed by atoms with Crippen LogP contribution >= 0.6 is 11.8 Å². The first-order valence-electron chi connectivity index (χ1n) is 6.47. The average Bonchev–Trinajstić information content (AvgIpc) is 2.85. The van der Waals surface area contributed by atoms with Crippen LogP contribution in [0.2, 0.25) is 0 Å². The Morgan fingerprint density at radius 3 is 3.12 bits per heavy atom. The number of nitrogens with zero attached hydrogens (tertiary/aromatic N) is 2. The molecule has 0 radical (unpaired) electrons. The molecule has 1 fully saturated rings. The lowest BCUT2D eigenvalue weighted by molar-refractivity contribution is 0.245. The molecule has 1 aliphatic rings. The number of piperidine rings is 1. The van der Waals surface area contributed by atoms with Crippen molar-refractivity contribution in [2.45, 2.75) is 44.9 Å². The third-order valence-electron chi connectivity index (χ3n) is 3.31. The second kappa shape index (κ2) is 6.40. The molecular formula is C12H21N3OS. The highest BCUT2D eigenvalue weighted by atomic mass is 32.2. The second-order valence-electron chi connectivity index (χ2n) is 4.49. The largest absolute Gasteiger partial charge is 0.338 e. The van der Waals surface area contributed by atoms with Gasteiger partial charge in [0.1, 0.15) is 0 Å². The highest BCUT2D eigenvalue weighted by Crippen LogP contribution is 2.28. The summed E-state index contributed by atoms with van der Waals surface area (Å²) in [5, 5.41) is 7.50. The van der Waals surface area contributed by atoms with Crippen molar-refractivity contribution in [1.29, 1.82) is 0 Å². The molecule has 1 aliphatic heterocycles. The zero-order valence-electron chi connectivity index (χ0n) is 10.6. The van der Waals surface area contributed by atoms with E-state index in [2.05, 4.69) is 29.3 Å². The van der Waals surface area contributed by atoms with Crippen molar-refractivity contribution in [2.75, 3.05) is 12.3 Å². The average molecular weight is 255 g/mol. The molecule has 0 aliphatic carbocycles. The van der Waals surface area contributed by atoms with Gasteiger partial charge in [0, 0.05) is 0 Å². The summed E-state index contributed by atoms with van der Waals surface area (Å²) in [6.07, 6.45) is 3.63. The molecule has 2 unspecified atom stereocenters. The van der Waals surface area contributed by atoms with Gasteiger partial charge in [0.15, 0.2) is 5.82 Å². The van der Waals surface area contributed by atoms with Gasteiger partial charge < -0.3 is 9.84 Å². The van der Waals surface area contributed by atoms with Gasteiger partial charge >= 0.3 is 0 Å². The Kier molecular flexibility index (Phi) is 4.86. The van der Waals surface area contributed by atoms with Crippen LogP contribution in [-0.2, 0) is 5.75 Å². The molecule has 0 amide bonds. The van der Waals surface area contributed by atoms with Gasteiger partial charge in [-0.3, -0.25) is 0 Å². The van der Waals surface area contributed by atoms with Crippen molar-refractivity contribution in [2.24, 2.45) is 5.92 Å². The fourth-order valence-electron chi connectivity index (χ4n) is 2.22. The Balaban J connectivity index is 1.94. The predicted molar refractivity (Wildman–Crippen MR) is 69.9 cm³/mol. The van der Waals surface area contributed by atoms with Gasteiger partial charge in [-0.2, -0.15) is 16.7 Å². The summed E-state index contributed by atoms with van der Waals surface area (Å²) < 4.78 is 5.36. The van der Waals surface area contributed by atoms with E-state index in [1.165, 1.54) is 12.8 Å². The van der Waals surface area contributed by atoms with E-state index in [9.17, 15) is 0 Å². The Bertz CT molecular complexity index is 342. The lowest BCUT2D eigenvalue weighted by Crippen LogP contribution is -2.31. The Morgan fingerprint density at radius 1 is 1.47 bits per heavy atom. The molecule has 4 nitrogen and oxygen atoms in total. The van der Waals surface area contributed by atoms with Gasteiger partial charge in [0.25, 0.3) is 0 Å². The summed E-state index contributed by atoms with van der Waals surface area (Å²) in [6.45, 7) is 5.45. The van der Waals surface area contributed by atoms with Crippen molar-refractivity contribution in [3.05, 3.63) is 11.7 Å². The van der Waals surface area contributed by atoms with Crippen LogP contribution in [0.1, 0.15) is 50.9 Å². The van der Waals surface area contributed by atoms with Crippen molar-refractivity contribution in [1.82, 2.24) is 15.5 Å². The van der Waals surface area contributed by atoms with Crippen LogP contribution in [0.4, 0.5) is 0 Å². The predicted octanol–water partition coefficient (Wildman–Crippen LogP) is 2.77. The molecule has 0 bridgehead atoms. The first-order chi connectivity index (χ1) is 8.33. The number of rotatable bonds is 5. The maximum atomic E-state index is 5.36.